The first-order valence-electron chi connectivity index (χ1n) is 9.89. The van der Waals surface area contributed by atoms with Crippen molar-refractivity contribution in [2.45, 2.75) is 31.7 Å². The quantitative estimate of drug-likeness (QED) is 0.646. The molecule has 2 heterocycles. The zero-order valence-corrected chi connectivity index (χ0v) is 16.2. The maximum Gasteiger partial charge on any atom is 0.250 e. The predicted octanol–water partition coefficient (Wildman–Crippen LogP) is 3.58. The minimum absolute atomic E-state index is 0.351. The van der Waals surface area contributed by atoms with Gasteiger partial charge in [0.05, 0.1) is 5.56 Å². The molecule has 1 aliphatic rings. The van der Waals surface area contributed by atoms with Crippen LogP contribution in [0.1, 0.15) is 46.1 Å². The third-order valence-corrected chi connectivity index (χ3v) is 5.17. The lowest BCUT2D eigenvalue weighted by atomic mass is 9.87. The molecule has 1 unspecified atom stereocenters. The van der Waals surface area contributed by atoms with Gasteiger partial charge in [-0.2, -0.15) is 0 Å². The maximum atomic E-state index is 11.1. The van der Waals surface area contributed by atoms with Crippen LogP contribution in [0.3, 0.4) is 0 Å². The number of hydrogen-bond acceptors (Lipinski definition) is 5. The van der Waals surface area contributed by atoms with E-state index in [2.05, 4.69) is 33.5 Å². The van der Waals surface area contributed by atoms with E-state index in [-0.39, 0.29) is 0 Å². The molecule has 0 aliphatic heterocycles. The molecule has 0 radical (unpaired) electrons. The van der Waals surface area contributed by atoms with Crippen LogP contribution in [0.15, 0.2) is 60.9 Å². The molecule has 3 aromatic rings. The van der Waals surface area contributed by atoms with Crippen molar-refractivity contribution in [2.24, 2.45) is 5.73 Å². The first-order valence-corrected chi connectivity index (χ1v) is 9.89. The number of hydrogen-bond donors (Lipinski definition) is 2. The molecule has 148 valence electrons. The van der Waals surface area contributed by atoms with Crippen molar-refractivity contribution in [2.75, 3.05) is 6.54 Å². The van der Waals surface area contributed by atoms with Gasteiger partial charge in [-0.1, -0.05) is 12.1 Å². The van der Waals surface area contributed by atoms with E-state index in [4.69, 9.17) is 10.5 Å². The van der Waals surface area contributed by atoms with Gasteiger partial charge in [-0.3, -0.25) is 9.78 Å². The van der Waals surface area contributed by atoms with Crippen LogP contribution in [0.2, 0.25) is 0 Å². The Morgan fingerprint density at radius 2 is 2.10 bits per heavy atom. The number of nitrogens with one attached hydrogen (secondary N) is 1. The summed E-state index contributed by atoms with van der Waals surface area (Å²) in [6.45, 7) is 0.898. The van der Waals surface area contributed by atoms with E-state index in [0.29, 0.717) is 17.5 Å². The summed E-state index contributed by atoms with van der Waals surface area (Å²) in [6.07, 6.45) is 7.50. The molecule has 3 N–H and O–H groups in total. The van der Waals surface area contributed by atoms with E-state index in [1.54, 1.807) is 12.1 Å². The van der Waals surface area contributed by atoms with E-state index < -0.39 is 5.91 Å². The first kappa shape index (κ1) is 19.1. The normalized spacial score (nSPS) is 15.5. The van der Waals surface area contributed by atoms with Gasteiger partial charge in [0.2, 0.25) is 11.8 Å². The van der Waals surface area contributed by atoms with E-state index in [1.807, 2.05) is 24.4 Å². The molecular formula is C23H24N4O2. The Morgan fingerprint density at radius 1 is 1.17 bits per heavy atom. The van der Waals surface area contributed by atoms with Crippen molar-refractivity contribution in [1.82, 2.24) is 15.3 Å². The number of nitrogens with two attached hydrogens (primary N) is 1. The molecule has 6 nitrogen and oxygen atoms in total. The zero-order chi connectivity index (χ0) is 20.1. The highest BCUT2D eigenvalue weighted by Crippen LogP contribution is 2.33. The van der Waals surface area contributed by atoms with Gasteiger partial charge >= 0.3 is 0 Å². The van der Waals surface area contributed by atoms with E-state index in [0.717, 1.165) is 43.7 Å². The Balaban J connectivity index is 1.40. The lowest BCUT2D eigenvalue weighted by Gasteiger charge is -2.27. The lowest BCUT2D eigenvalue weighted by Crippen LogP contribution is -2.27. The third kappa shape index (κ3) is 4.78. The van der Waals surface area contributed by atoms with E-state index in [9.17, 15) is 4.79 Å². The molecule has 0 spiro atoms. The number of carbonyl (C=O) groups is 1. The summed E-state index contributed by atoms with van der Waals surface area (Å²) in [4.78, 5) is 19.7. The number of ether oxygens (including phenoxy) is 1. The lowest BCUT2D eigenvalue weighted by molar-refractivity contribution is 0.1000. The van der Waals surface area contributed by atoms with Crippen LogP contribution in [0.25, 0.3) is 0 Å². The summed E-state index contributed by atoms with van der Waals surface area (Å²) in [5, 5.41) is 3.68. The van der Waals surface area contributed by atoms with Crippen molar-refractivity contribution in [3.05, 3.63) is 83.3 Å². The summed E-state index contributed by atoms with van der Waals surface area (Å²) in [5.41, 5.74) is 9.35. The van der Waals surface area contributed by atoms with Crippen molar-refractivity contribution < 1.29 is 9.53 Å². The third-order valence-electron chi connectivity index (χ3n) is 5.17. The van der Waals surface area contributed by atoms with Crippen molar-refractivity contribution >= 4 is 5.91 Å². The number of benzene rings is 1. The SMILES string of the molecule is NC(=O)c1ccc(Oc2ccc3c(c2)CCCC3NCCc2ccccn2)nc1. The molecule has 29 heavy (non-hydrogen) atoms. The predicted molar refractivity (Wildman–Crippen MR) is 111 cm³/mol. The molecule has 1 aromatic carbocycles. The highest BCUT2D eigenvalue weighted by atomic mass is 16.5. The Hall–Kier alpha value is -3.25. The summed E-state index contributed by atoms with van der Waals surface area (Å²) in [7, 11) is 0. The molecule has 0 saturated carbocycles. The molecule has 0 fully saturated rings. The number of primary amides is 1. The molecule has 4 rings (SSSR count). The number of nitrogens with zero attached hydrogens (tertiary/aromatic N) is 2. The van der Waals surface area contributed by atoms with Crippen LogP contribution in [0.4, 0.5) is 0 Å². The standard InChI is InChI=1S/C23H24N4O2/c24-23(28)17-7-10-22(27-15-17)29-19-8-9-20-16(14-19)4-3-6-21(20)26-13-11-18-5-1-2-12-25-18/h1-2,5,7-10,12,14-15,21,26H,3-4,6,11,13H2,(H2,24,28). The Morgan fingerprint density at radius 3 is 2.86 bits per heavy atom. The molecule has 1 atom stereocenters. The number of aromatic nitrogens is 2. The van der Waals surface area contributed by atoms with Gasteiger partial charge in [0, 0.05) is 43.2 Å². The first-order chi connectivity index (χ1) is 14.2. The number of amides is 1. The second-order valence-electron chi connectivity index (χ2n) is 7.18. The van der Waals surface area contributed by atoms with Crippen molar-refractivity contribution in [3.8, 4) is 11.6 Å². The largest absolute Gasteiger partial charge is 0.439 e. The number of fused-ring (bicyclic) bond motifs is 1. The fourth-order valence-electron chi connectivity index (χ4n) is 3.69. The number of aryl methyl sites for hydroxylation is 1. The van der Waals surface area contributed by atoms with E-state index in [1.165, 1.54) is 17.3 Å². The Labute approximate surface area is 170 Å². The van der Waals surface area contributed by atoms with Gasteiger partial charge in [-0.15, -0.1) is 0 Å². The smallest absolute Gasteiger partial charge is 0.250 e. The molecule has 0 bridgehead atoms. The zero-order valence-electron chi connectivity index (χ0n) is 16.2. The summed E-state index contributed by atoms with van der Waals surface area (Å²) < 4.78 is 5.86. The number of carbonyl (C=O) groups excluding carboxylic acids is 1. The fraction of sp³-hybridized carbons (Fsp3) is 0.261. The van der Waals surface area contributed by atoms with Crippen LogP contribution < -0.4 is 15.8 Å². The Bertz CT molecular complexity index is 974. The van der Waals surface area contributed by atoms with Gasteiger partial charge in [0.1, 0.15) is 5.75 Å². The van der Waals surface area contributed by atoms with Gasteiger partial charge < -0.3 is 15.8 Å². The van der Waals surface area contributed by atoms with Crippen LogP contribution in [-0.4, -0.2) is 22.4 Å². The minimum Gasteiger partial charge on any atom is -0.439 e. The van der Waals surface area contributed by atoms with Crippen LogP contribution in [-0.2, 0) is 12.8 Å². The molecule has 1 aliphatic carbocycles. The average Bonchev–Trinajstić information content (AvgIpc) is 2.75. The second-order valence-corrected chi connectivity index (χ2v) is 7.18. The number of rotatable bonds is 7. The average molecular weight is 388 g/mol. The highest BCUT2D eigenvalue weighted by molar-refractivity contribution is 5.92. The highest BCUT2D eigenvalue weighted by Gasteiger charge is 2.20. The van der Waals surface area contributed by atoms with Gasteiger partial charge in [-0.05, 0) is 60.7 Å². The monoisotopic (exact) mass is 388 g/mol. The molecule has 6 heteroatoms. The molecule has 1 amide bonds. The molecular weight excluding hydrogens is 364 g/mol. The molecule has 2 aromatic heterocycles. The minimum atomic E-state index is -0.501. The molecule has 0 saturated heterocycles. The van der Waals surface area contributed by atoms with Gasteiger partial charge in [0.15, 0.2) is 0 Å². The second kappa shape index (κ2) is 8.84. The Kier molecular flexibility index (Phi) is 5.81. The van der Waals surface area contributed by atoms with Crippen LogP contribution in [0.5, 0.6) is 11.6 Å². The summed E-state index contributed by atoms with van der Waals surface area (Å²) in [5.74, 6) is 0.687. The topological polar surface area (TPSA) is 90.1 Å². The fourth-order valence-corrected chi connectivity index (χ4v) is 3.69. The van der Waals surface area contributed by atoms with E-state index >= 15 is 0 Å². The van der Waals surface area contributed by atoms with Crippen LogP contribution in [0, 0.1) is 0 Å². The van der Waals surface area contributed by atoms with Gasteiger partial charge in [0.25, 0.3) is 0 Å². The maximum absolute atomic E-state index is 11.1. The summed E-state index contributed by atoms with van der Waals surface area (Å²) in [6, 6.07) is 15.8. The summed E-state index contributed by atoms with van der Waals surface area (Å²) >= 11 is 0. The van der Waals surface area contributed by atoms with Crippen LogP contribution >= 0.6 is 0 Å². The van der Waals surface area contributed by atoms with Crippen molar-refractivity contribution in [1.29, 1.82) is 0 Å². The van der Waals surface area contributed by atoms with Gasteiger partial charge in [-0.25, -0.2) is 4.98 Å². The number of pyridine rings is 2. The van der Waals surface area contributed by atoms with Crippen molar-refractivity contribution in [3.63, 3.8) is 0 Å².